The van der Waals surface area contributed by atoms with Gasteiger partial charge in [0, 0.05) is 43.5 Å². The number of aryl methyl sites for hydroxylation is 1. The Morgan fingerprint density at radius 1 is 1.19 bits per heavy atom. The molecule has 3 atom stereocenters. The normalized spacial score (nSPS) is 28.9. The van der Waals surface area contributed by atoms with Gasteiger partial charge in [-0.2, -0.15) is 0 Å². The second-order valence-corrected chi connectivity index (χ2v) is 8.59. The van der Waals surface area contributed by atoms with Gasteiger partial charge in [0.1, 0.15) is 0 Å². The van der Waals surface area contributed by atoms with Gasteiger partial charge in [-0.1, -0.05) is 41.6 Å². The third-order valence-electron chi connectivity index (χ3n) is 6.08. The van der Waals surface area contributed by atoms with Gasteiger partial charge >= 0.3 is 0 Å². The average Bonchev–Trinajstić information content (AvgIpc) is 3.07. The predicted octanol–water partition coefficient (Wildman–Crippen LogP) is 3.63. The molecule has 0 amide bonds. The summed E-state index contributed by atoms with van der Waals surface area (Å²) in [6.07, 6.45) is 9.06. The third-order valence-corrected chi connectivity index (χ3v) is 6.66. The van der Waals surface area contributed by atoms with Gasteiger partial charge in [0.2, 0.25) is 0 Å². The molecule has 2 fully saturated rings. The Morgan fingerprint density at radius 2 is 1.92 bits per heavy atom. The molecule has 138 valence electrons. The maximum absolute atomic E-state index is 11.6. The van der Waals surface area contributed by atoms with Crippen LogP contribution in [0.5, 0.6) is 0 Å². The van der Waals surface area contributed by atoms with E-state index in [4.69, 9.17) is 0 Å². The van der Waals surface area contributed by atoms with Crippen molar-refractivity contribution in [2.75, 3.05) is 19.3 Å². The van der Waals surface area contributed by atoms with Gasteiger partial charge in [-0.05, 0) is 43.9 Å². The molecular formula is C21H27N3OS. The molecule has 1 aliphatic carbocycles. The van der Waals surface area contributed by atoms with E-state index in [1.807, 2.05) is 18.6 Å². The van der Waals surface area contributed by atoms with Crippen LogP contribution in [0.4, 0.5) is 0 Å². The standard InChI is InChI=1S/C21H27N3OS/c1-15-5-7-18(8-6-15)21(25)9-3-4-17-13-24(14-19(17)21)12-16-10-22-20(26-2)23-11-16/h5-8,10-11,17,19,25H,3-4,9,12-14H2,1-2H3. The lowest BCUT2D eigenvalue weighted by molar-refractivity contribution is -0.0648. The van der Waals surface area contributed by atoms with Crippen molar-refractivity contribution in [3.63, 3.8) is 0 Å². The Hall–Kier alpha value is -1.43. The highest BCUT2D eigenvalue weighted by Gasteiger charge is 2.49. The quantitative estimate of drug-likeness (QED) is 0.659. The van der Waals surface area contributed by atoms with Crippen LogP contribution in [0.25, 0.3) is 0 Å². The largest absolute Gasteiger partial charge is 0.385 e. The van der Waals surface area contributed by atoms with Crippen LogP contribution in [0.1, 0.15) is 36.0 Å². The van der Waals surface area contributed by atoms with E-state index < -0.39 is 5.60 Å². The molecule has 4 nitrogen and oxygen atoms in total. The topological polar surface area (TPSA) is 49.2 Å². The van der Waals surface area contributed by atoms with Crippen LogP contribution in [0.2, 0.25) is 0 Å². The van der Waals surface area contributed by atoms with Crippen LogP contribution in [-0.4, -0.2) is 39.3 Å². The van der Waals surface area contributed by atoms with E-state index in [9.17, 15) is 5.11 Å². The van der Waals surface area contributed by atoms with Crippen molar-refractivity contribution in [2.24, 2.45) is 11.8 Å². The molecule has 4 rings (SSSR count). The highest BCUT2D eigenvalue weighted by atomic mass is 32.2. The number of aliphatic hydroxyl groups is 1. The molecule has 26 heavy (non-hydrogen) atoms. The number of likely N-dealkylation sites (tertiary alicyclic amines) is 1. The van der Waals surface area contributed by atoms with E-state index in [2.05, 4.69) is 46.1 Å². The minimum Gasteiger partial charge on any atom is -0.385 e. The fourth-order valence-electron chi connectivity index (χ4n) is 4.73. The Labute approximate surface area is 160 Å². The molecule has 2 aliphatic rings. The van der Waals surface area contributed by atoms with Crippen molar-refractivity contribution in [2.45, 2.75) is 43.5 Å². The van der Waals surface area contributed by atoms with E-state index >= 15 is 0 Å². The van der Waals surface area contributed by atoms with Gasteiger partial charge in [-0.15, -0.1) is 0 Å². The first kappa shape index (κ1) is 18.0. The summed E-state index contributed by atoms with van der Waals surface area (Å²) >= 11 is 1.57. The zero-order chi connectivity index (χ0) is 18.1. The molecule has 1 aromatic heterocycles. The van der Waals surface area contributed by atoms with Crippen molar-refractivity contribution in [3.8, 4) is 0 Å². The highest BCUT2D eigenvalue weighted by molar-refractivity contribution is 7.98. The minimum atomic E-state index is -0.690. The summed E-state index contributed by atoms with van der Waals surface area (Å²) in [7, 11) is 0. The lowest BCUT2D eigenvalue weighted by Crippen LogP contribution is -2.42. The number of hydrogen-bond acceptors (Lipinski definition) is 5. The van der Waals surface area contributed by atoms with E-state index in [1.54, 1.807) is 11.8 Å². The molecule has 1 aliphatic heterocycles. The van der Waals surface area contributed by atoms with Crippen molar-refractivity contribution in [3.05, 3.63) is 53.3 Å². The molecule has 2 heterocycles. The predicted molar refractivity (Wildman–Crippen MR) is 105 cm³/mol. The molecule has 5 heteroatoms. The molecule has 1 saturated carbocycles. The van der Waals surface area contributed by atoms with E-state index in [0.717, 1.165) is 48.8 Å². The summed E-state index contributed by atoms with van der Waals surface area (Å²) in [4.78, 5) is 11.2. The number of thioether (sulfide) groups is 1. The van der Waals surface area contributed by atoms with Crippen LogP contribution in [-0.2, 0) is 12.1 Å². The Balaban J connectivity index is 1.51. The molecular weight excluding hydrogens is 342 g/mol. The van der Waals surface area contributed by atoms with Crippen molar-refractivity contribution in [1.29, 1.82) is 0 Å². The summed E-state index contributed by atoms with van der Waals surface area (Å²) in [5.41, 5.74) is 2.80. The fraction of sp³-hybridized carbons (Fsp3) is 0.524. The lowest BCUT2D eigenvalue weighted by Gasteiger charge is -2.41. The monoisotopic (exact) mass is 369 g/mol. The Kier molecular flexibility index (Phi) is 5.04. The Bertz CT molecular complexity index is 749. The van der Waals surface area contributed by atoms with Crippen molar-refractivity contribution >= 4 is 11.8 Å². The van der Waals surface area contributed by atoms with E-state index in [0.29, 0.717) is 11.8 Å². The first-order valence-electron chi connectivity index (χ1n) is 9.45. The van der Waals surface area contributed by atoms with Gasteiger partial charge in [0.05, 0.1) is 5.60 Å². The minimum absolute atomic E-state index is 0.311. The molecule has 0 bridgehead atoms. The third kappa shape index (κ3) is 3.40. The summed E-state index contributed by atoms with van der Waals surface area (Å²) < 4.78 is 0. The second kappa shape index (κ2) is 7.29. The zero-order valence-electron chi connectivity index (χ0n) is 15.6. The first-order valence-corrected chi connectivity index (χ1v) is 10.7. The number of benzene rings is 1. The van der Waals surface area contributed by atoms with Gasteiger partial charge in [-0.3, -0.25) is 4.90 Å². The second-order valence-electron chi connectivity index (χ2n) is 7.82. The first-order chi connectivity index (χ1) is 12.6. The molecule has 3 unspecified atom stereocenters. The van der Waals surface area contributed by atoms with Gasteiger partial charge in [-0.25, -0.2) is 9.97 Å². The van der Waals surface area contributed by atoms with Gasteiger partial charge in [0.25, 0.3) is 0 Å². The van der Waals surface area contributed by atoms with Gasteiger partial charge < -0.3 is 5.11 Å². The van der Waals surface area contributed by atoms with Crippen LogP contribution in [0, 0.1) is 18.8 Å². The van der Waals surface area contributed by atoms with Crippen LogP contribution < -0.4 is 0 Å². The summed E-state index contributed by atoms with van der Waals surface area (Å²) in [5.74, 6) is 0.881. The maximum Gasteiger partial charge on any atom is 0.187 e. The Morgan fingerprint density at radius 3 is 2.62 bits per heavy atom. The number of rotatable bonds is 4. The van der Waals surface area contributed by atoms with Crippen molar-refractivity contribution in [1.82, 2.24) is 14.9 Å². The van der Waals surface area contributed by atoms with Crippen LogP contribution in [0.15, 0.2) is 41.8 Å². The molecule has 1 aromatic carbocycles. The SMILES string of the molecule is CSc1ncc(CN2CC3CCCC(O)(c4ccc(C)cc4)C3C2)cn1. The summed E-state index contributed by atoms with van der Waals surface area (Å²) in [6, 6.07) is 8.48. The summed E-state index contributed by atoms with van der Waals surface area (Å²) in [5, 5.41) is 12.4. The molecule has 2 aromatic rings. The number of fused-ring (bicyclic) bond motifs is 1. The smallest absolute Gasteiger partial charge is 0.187 e. The maximum atomic E-state index is 11.6. The lowest BCUT2D eigenvalue weighted by atomic mass is 9.67. The molecule has 1 N–H and O–H groups in total. The molecule has 1 saturated heterocycles. The van der Waals surface area contributed by atoms with E-state index in [-0.39, 0.29) is 0 Å². The highest BCUT2D eigenvalue weighted by Crippen LogP contribution is 2.48. The van der Waals surface area contributed by atoms with Crippen LogP contribution in [0.3, 0.4) is 0 Å². The van der Waals surface area contributed by atoms with Gasteiger partial charge in [0.15, 0.2) is 5.16 Å². The molecule has 0 radical (unpaired) electrons. The fourth-order valence-corrected chi connectivity index (χ4v) is 5.05. The van der Waals surface area contributed by atoms with E-state index in [1.165, 1.54) is 12.0 Å². The number of hydrogen-bond donors (Lipinski definition) is 1. The zero-order valence-corrected chi connectivity index (χ0v) is 16.4. The number of nitrogens with zero attached hydrogens (tertiary/aromatic N) is 3. The van der Waals surface area contributed by atoms with Crippen molar-refractivity contribution < 1.29 is 5.11 Å². The summed E-state index contributed by atoms with van der Waals surface area (Å²) in [6.45, 7) is 4.97. The van der Waals surface area contributed by atoms with Crippen LogP contribution >= 0.6 is 11.8 Å². The number of aromatic nitrogens is 2. The molecule has 0 spiro atoms. The average molecular weight is 370 g/mol.